The highest BCUT2D eigenvalue weighted by atomic mass is 32.2. The van der Waals surface area contributed by atoms with Gasteiger partial charge in [-0.25, -0.2) is 0 Å². The maximum absolute atomic E-state index is 12.6. The van der Waals surface area contributed by atoms with E-state index in [1.165, 1.54) is 12.4 Å². The Morgan fingerprint density at radius 2 is 1.58 bits per heavy atom. The second-order valence-electron chi connectivity index (χ2n) is 7.37. The summed E-state index contributed by atoms with van der Waals surface area (Å²) in [5.74, 6) is -3.47. The predicted octanol–water partition coefficient (Wildman–Crippen LogP) is 0.556. The molecular weight excluding hydrogens is 424 g/mol. The van der Waals surface area contributed by atoms with E-state index in [-0.39, 0.29) is 5.75 Å². The summed E-state index contributed by atoms with van der Waals surface area (Å²) in [7, 11) is 0. The monoisotopic (exact) mass is 446 g/mol. The van der Waals surface area contributed by atoms with Crippen LogP contribution >= 0.6 is 11.8 Å². The molecule has 2 aromatic rings. The topological polar surface area (TPSA) is 147 Å². The van der Waals surface area contributed by atoms with Crippen molar-refractivity contribution in [2.75, 3.05) is 5.75 Å². The molecule has 2 aromatic heterocycles. The number of Topliss-reactive ketones (excluding diaryl/α,β-unsaturated/α-hetero) is 3. The minimum absolute atomic E-state index is 0.157. The van der Waals surface area contributed by atoms with Gasteiger partial charge >= 0.3 is 0 Å². The minimum Gasteiger partial charge on any atom is -0.474 e. The van der Waals surface area contributed by atoms with Gasteiger partial charge in [-0.15, -0.1) is 11.8 Å². The minimum atomic E-state index is -3.12. The van der Waals surface area contributed by atoms with Gasteiger partial charge in [0.1, 0.15) is 5.75 Å². The van der Waals surface area contributed by atoms with Crippen molar-refractivity contribution in [2.24, 2.45) is 0 Å². The van der Waals surface area contributed by atoms with Crippen LogP contribution in [0.15, 0.2) is 43.0 Å². The molecule has 0 spiro atoms. The molecule has 4 atom stereocenters. The highest BCUT2D eigenvalue weighted by Crippen LogP contribution is 2.49. The Morgan fingerprint density at radius 3 is 2.13 bits per heavy atom. The highest BCUT2D eigenvalue weighted by Gasteiger charge is 2.75. The van der Waals surface area contributed by atoms with Gasteiger partial charge in [-0.2, -0.15) is 0 Å². The van der Waals surface area contributed by atoms with Gasteiger partial charge in [0.15, 0.2) is 34.0 Å². The summed E-state index contributed by atoms with van der Waals surface area (Å²) in [6.45, 7) is 2.81. The first kappa shape index (κ1) is 23.0. The molecule has 0 amide bonds. The van der Waals surface area contributed by atoms with Crippen molar-refractivity contribution in [3.05, 3.63) is 43.0 Å². The number of pyridine rings is 2. The fourth-order valence-corrected chi connectivity index (χ4v) is 5.28. The number of aliphatic hydroxyl groups is 3. The molecule has 1 aliphatic heterocycles. The van der Waals surface area contributed by atoms with E-state index in [9.17, 15) is 29.7 Å². The second-order valence-corrected chi connectivity index (χ2v) is 8.42. The van der Waals surface area contributed by atoms with E-state index in [2.05, 4.69) is 9.97 Å². The molecule has 1 saturated heterocycles. The van der Waals surface area contributed by atoms with E-state index in [4.69, 9.17) is 4.74 Å². The zero-order valence-electron chi connectivity index (χ0n) is 17.1. The molecule has 3 rings (SSSR count). The Hall–Kier alpha value is -2.66. The number of hydrogen-bond donors (Lipinski definition) is 3. The Labute approximate surface area is 182 Å². The molecule has 9 nitrogen and oxygen atoms in total. The molecule has 3 heterocycles. The van der Waals surface area contributed by atoms with E-state index in [1.54, 1.807) is 30.6 Å². The molecule has 0 aromatic carbocycles. The lowest BCUT2D eigenvalue weighted by atomic mass is 9.65. The molecule has 1 aliphatic rings. The molecule has 10 heteroatoms. The fourth-order valence-electron chi connectivity index (χ4n) is 3.72. The molecule has 0 radical (unpaired) electrons. The van der Waals surface area contributed by atoms with Gasteiger partial charge in [0.2, 0.25) is 5.60 Å². The third-order valence-corrected chi connectivity index (χ3v) is 6.90. The standard InChI is InChI=1S/C21H22N2O7S/c1-12(24)19(27)11-31-18(20(28,13(2)25)21(19,29)14(3)26)30-17-10-23-9-6-16(17)15-4-7-22-8-5-15/h4-10,18,27-29H,11H2,1-3H3/t18-,19-,20-,21-/m0/s1. The Bertz CT molecular complexity index is 1030. The first-order chi connectivity index (χ1) is 14.5. The SMILES string of the molecule is CC(=O)[C@]1(O)[C@@](O)(C(C)=O)CS[C@H](Oc2cnccc2-c2ccncc2)[C@@]1(O)C(C)=O. The fraction of sp³-hybridized carbons (Fsp3) is 0.381. The third-order valence-electron chi connectivity index (χ3n) is 5.57. The summed E-state index contributed by atoms with van der Waals surface area (Å²) >= 11 is 0.736. The van der Waals surface area contributed by atoms with E-state index >= 15 is 0 Å². The van der Waals surface area contributed by atoms with Crippen molar-refractivity contribution in [1.82, 2.24) is 9.97 Å². The number of aromatic nitrogens is 2. The molecule has 31 heavy (non-hydrogen) atoms. The summed E-state index contributed by atoms with van der Waals surface area (Å²) in [5.41, 5.74) is -8.99. The number of rotatable bonds is 6. The zero-order valence-corrected chi connectivity index (χ0v) is 17.9. The summed E-state index contributed by atoms with van der Waals surface area (Å²) in [5, 5.41) is 33.6. The maximum atomic E-state index is 12.6. The Balaban J connectivity index is 2.13. The summed E-state index contributed by atoms with van der Waals surface area (Å²) in [4.78, 5) is 45.3. The summed E-state index contributed by atoms with van der Waals surface area (Å²) < 4.78 is 5.91. The molecule has 0 saturated carbocycles. The lowest BCUT2D eigenvalue weighted by Crippen LogP contribution is -2.82. The Kier molecular flexibility index (Phi) is 6.03. The third kappa shape index (κ3) is 3.35. The van der Waals surface area contributed by atoms with Gasteiger partial charge in [0, 0.05) is 29.9 Å². The molecule has 0 bridgehead atoms. The summed E-state index contributed by atoms with van der Waals surface area (Å²) in [6.07, 6.45) is 6.02. The van der Waals surface area contributed by atoms with Crippen molar-refractivity contribution in [3.63, 3.8) is 0 Å². The smallest absolute Gasteiger partial charge is 0.208 e. The van der Waals surface area contributed by atoms with Crippen molar-refractivity contribution in [3.8, 4) is 16.9 Å². The van der Waals surface area contributed by atoms with Crippen LogP contribution in [0.4, 0.5) is 0 Å². The van der Waals surface area contributed by atoms with E-state index in [1.807, 2.05) is 0 Å². The average Bonchev–Trinajstić information content (AvgIpc) is 2.74. The Morgan fingerprint density at radius 1 is 0.968 bits per heavy atom. The van der Waals surface area contributed by atoms with Crippen LogP contribution in [0.5, 0.6) is 5.75 Å². The quantitative estimate of drug-likeness (QED) is 0.575. The number of hydrogen-bond acceptors (Lipinski definition) is 10. The first-order valence-corrected chi connectivity index (χ1v) is 10.4. The van der Waals surface area contributed by atoms with Crippen LogP contribution in [0.25, 0.3) is 11.1 Å². The van der Waals surface area contributed by atoms with Crippen LogP contribution < -0.4 is 4.74 Å². The number of thioether (sulfide) groups is 1. The largest absolute Gasteiger partial charge is 0.474 e. The molecule has 0 unspecified atom stereocenters. The molecule has 3 N–H and O–H groups in total. The van der Waals surface area contributed by atoms with Crippen molar-refractivity contribution >= 4 is 29.1 Å². The van der Waals surface area contributed by atoms with Crippen LogP contribution in [0.1, 0.15) is 20.8 Å². The van der Waals surface area contributed by atoms with E-state index in [0.29, 0.717) is 11.1 Å². The number of carbonyl (C=O) groups excluding carboxylic acids is 3. The number of ether oxygens (including phenoxy) is 1. The molecule has 1 fully saturated rings. The number of nitrogens with zero attached hydrogens (tertiary/aromatic N) is 2. The van der Waals surface area contributed by atoms with Crippen LogP contribution in [-0.4, -0.2) is 70.6 Å². The number of ketones is 3. The van der Waals surface area contributed by atoms with Gasteiger partial charge in [0.25, 0.3) is 0 Å². The molecule has 164 valence electrons. The van der Waals surface area contributed by atoms with E-state index in [0.717, 1.165) is 32.5 Å². The van der Waals surface area contributed by atoms with Crippen LogP contribution in [0.3, 0.4) is 0 Å². The highest BCUT2D eigenvalue weighted by molar-refractivity contribution is 8.00. The van der Waals surface area contributed by atoms with Crippen LogP contribution in [0, 0.1) is 0 Å². The van der Waals surface area contributed by atoms with Gasteiger partial charge < -0.3 is 20.1 Å². The van der Waals surface area contributed by atoms with Crippen LogP contribution in [-0.2, 0) is 14.4 Å². The maximum Gasteiger partial charge on any atom is 0.208 e. The first-order valence-electron chi connectivity index (χ1n) is 9.33. The van der Waals surface area contributed by atoms with Gasteiger partial charge in [-0.1, -0.05) is 0 Å². The van der Waals surface area contributed by atoms with Crippen LogP contribution in [0.2, 0.25) is 0 Å². The predicted molar refractivity (Wildman–Crippen MR) is 111 cm³/mol. The zero-order chi connectivity index (χ0) is 23.0. The normalized spacial score (nSPS) is 30.5. The molecular formula is C21H22N2O7S. The lowest BCUT2D eigenvalue weighted by Gasteiger charge is -2.54. The second kappa shape index (κ2) is 8.12. The van der Waals surface area contributed by atoms with Crippen molar-refractivity contribution < 1.29 is 34.4 Å². The van der Waals surface area contributed by atoms with Gasteiger partial charge in [-0.3, -0.25) is 24.4 Å². The lowest BCUT2D eigenvalue weighted by molar-refractivity contribution is -0.235. The van der Waals surface area contributed by atoms with E-state index < -0.39 is 45.3 Å². The van der Waals surface area contributed by atoms with Crippen molar-refractivity contribution in [1.29, 1.82) is 0 Å². The summed E-state index contributed by atoms with van der Waals surface area (Å²) in [6, 6.07) is 5.08. The molecule has 0 aliphatic carbocycles. The van der Waals surface area contributed by atoms with Crippen molar-refractivity contribution in [2.45, 2.75) is 43.0 Å². The van der Waals surface area contributed by atoms with Gasteiger partial charge in [0.05, 0.1) is 6.20 Å². The average molecular weight is 446 g/mol. The van der Waals surface area contributed by atoms with Gasteiger partial charge in [-0.05, 0) is 44.5 Å². The number of carbonyl (C=O) groups is 3.